The predicted octanol–water partition coefficient (Wildman–Crippen LogP) is 4.18. The van der Waals surface area contributed by atoms with Gasteiger partial charge in [0, 0.05) is 12.6 Å². The van der Waals surface area contributed by atoms with Crippen LogP contribution in [0.3, 0.4) is 0 Å². The molecule has 1 aliphatic rings. The lowest BCUT2D eigenvalue weighted by Crippen LogP contribution is -2.15. The highest BCUT2D eigenvalue weighted by atomic mass is 19.1. The van der Waals surface area contributed by atoms with Crippen LogP contribution in [-0.4, -0.2) is 6.04 Å². The normalized spacial score (nSPS) is 14.3. The number of hydrogen-bond acceptors (Lipinski definition) is 2. The van der Waals surface area contributed by atoms with Crippen molar-refractivity contribution in [3.05, 3.63) is 59.4 Å². The zero-order valence-corrected chi connectivity index (χ0v) is 11.5. The van der Waals surface area contributed by atoms with Crippen LogP contribution in [0.15, 0.2) is 42.5 Å². The summed E-state index contributed by atoms with van der Waals surface area (Å²) in [4.78, 5) is 0. The molecule has 1 saturated carbocycles. The Labute approximate surface area is 118 Å². The largest absolute Gasteiger partial charge is 0.454 e. The maximum absolute atomic E-state index is 13.5. The second-order valence-corrected chi connectivity index (χ2v) is 5.28. The molecule has 0 heterocycles. The first-order valence-electron chi connectivity index (χ1n) is 6.97. The number of hydrogen-bond donors (Lipinski definition) is 1. The maximum atomic E-state index is 13.5. The van der Waals surface area contributed by atoms with Crippen LogP contribution in [0.1, 0.15) is 24.0 Å². The third kappa shape index (κ3) is 3.17. The van der Waals surface area contributed by atoms with Gasteiger partial charge in [-0.3, -0.25) is 0 Å². The molecule has 3 rings (SSSR count). The first-order chi connectivity index (χ1) is 9.72. The van der Waals surface area contributed by atoms with Gasteiger partial charge >= 0.3 is 0 Å². The Morgan fingerprint density at radius 2 is 2.00 bits per heavy atom. The van der Waals surface area contributed by atoms with Gasteiger partial charge in [-0.15, -0.1) is 0 Å². The third-order valence-corrected chi connectivity index (χ3v) is 3.54. The van der Waals surface area contributed by atoms with Crippen molar-refractivity contribution in [3.63, 3.8) is 0 Å². The van der Waals surface area contributed by atoms with Crippen LogP contribution < -0.4 is 10.1 Å². The van der Waals surface area contributed by atoms with Crippen molar-refractivity contribution < 1.29 is 9.13 Å². The van der Waals surface area contributed by atoms with E-state index in [9.17, 15) is 4.39 Å². The van der Waals surface area contributed by atoms with Crippen molar-refractivity contribution in [2.45, 2.75) is 32.4 Å². The van der Waals surface area contributed by atoms with Gasteiger partial charge in [-0.05, 0) is 55.2 Å². The lowest BCUT2D eigenvalue weighted by atomic mass is 10.1. The van der Waals surface area contributed by atoms with Gasteiger partial charge in [0.05, 0.1) is 0 Å². The van der Waals surface area contributed by atoms with E-state index < -0.39 is 0 Å². The van der Waals surface area contributed by atoms with E-state index in [2.05, 4.69) is 12.2 Å². The number of rotatable bonds is 5. The molecule has 0 bridgehead atoms. The minimum atomic E-state index is -0.343. The van der Waals surface area contributed by atoms with Crippen LogP contribution in [0.5, 0.6) is 11.5 Å². The molecular formula is C17H18FNO. The van der Waals surface area contributed by atoms with E-state index in [0.717, 1.165) is 12.1 Å². The lowest BCUT2D eigenvalue weighted by molar-refractivity contribution is 0.442. The Kier molecular flexibility index (Phi) is 3.70. The maximum Gasteiger partial charge on any atom is 0.165 e. The van der Waals surface area contributed by atoms with Gasteiger partial charge in [0.25, 0.3) is 0 Å². The molecule has 0 atom stereocenters. The highest BCUT2D eigenvalue weighted by Gasteiger charge is 2.20. The van der Waals surface area contributed by atoms with E-state index in [1.807, 2.05) is 18.2 Å². The summed E-state index contributed by atoms with van der Waals surface area (Å²) in [6.07, 6.45) is 2.57. The molecule has 20 heavy (non-hydrogen) atoms. The Hall–Kier alpha value is -1.87. The van der Waals surface area contributed by atoms with E-state index in [4.69, 9.17) is 4.74 Å². The summed E-state index contributed by atoms with van der Waals surface area (Å²) >= 11 is 0. The van der Waals surface area contributed by atoms with Crippen molar-refractivity contribution in [1.82, 2.24) is 5.32 Å². The van der Waals surface area contributed by atoms with Gasteiger partial charge in [-0.1, -0.05) is 18.2 Å². The Bertz CT molecular complexity index is 608. The lowest BCUT2D eigenvalue weighted by Gasteiger charge is -2.11. The molecule has 104 valence electrons. The van der Waals surface area contributed by atoms with Gasteiger partial charge in [0.1, 0.15) is 5.75 Å². The van der Waals surface area contributed by atoms with Crippen LogP contribution >= 0.6 is 0 Å². The minimum absolute atomic E-state index is 0.260. The summed E-state index contributed by atoms with van der Waals surface area (Å²) in [7, 11) is 0. The molecule has 0 amide bonds. The molecule has 2 nitrogen and oxygen atoms in total. The van der Waals surface area contributed by atoms with E-state index >= 15 is 0 Å². The van der Waals surface area contributed by atoms with Crippen molar-refractivity contribution in [3.8, 4) is 11.5 Å². The highest BCUT2D eigenvalue weighted by molar-refractivity contribution is 5.38. The van der Waals surface area contributed by atoms with Crippen LogP contribution in [0.25, 0.3) is 0 Å². The molecule has 1 fully saturated rings. The molecule has 0 spiro atoms. The SMILES string of the molecule is Cc1cc(Oc2ccccc2F)ccc1CNC1CC1. The number of nitrogens with one attached hydrogen (secondary N) is 1. The molecule has 0 aliphatic heterocycles. The zero-order chi connectivity index (χ0) is 13.9. The predicted molar refractivity (Wildman–Crippen MR) is 77.5 cm³/mol. The number of halogens is 1. The molecule has 1 N–H and O–H groups in total. The average molecular weight is 271 g/mol. The van der Waals surface area contributed by atoms with Crippen LogP contribution in [-0.2, 0) is 6.54 Å². The van der Waals surface area contributed by atoms with E-state index in [1.54, 1.807) is 18.2 Å². The van der Waals surface area contributed by atoms with Gasteiger partial charge in [-0.25, -0.2) is 4.39 Å². The molecule has 0 radical (unpaired) electrons. The fourth-order valence-electron chi connectivity index (χ4n) is 2.13. The summed E-state index contributed by atoms with van der Waals surface area (Å²) in [6.45, 7) is 2.94. The van der Waals surface area contributed by atoms with Crippen molar-refractivity contribution in [1.29, 1.82) is 0 Å². The smallest absolute Gasteiger partial charge is 0.165 e. The second-order valence-electron chi connectivity index (χ2n) is 5.28. The first-order valence-corrected chi connectivity index (χ1v) is 6.97. The van der Waals surface area contributed by atoms with Crippen LogP contribution in [0.2, 0.25) is 0 Å². The summed E-state index contributed by atoms with van der Waals surface area (Å²) in [6, 6.07) is 13.0. The monoisotopic (exact) mass is 271 g/mol. The number of para-hydroxylation sites is 1. The quantitative estimate of drug-likeness (QED) is 0.881. The molecule has 0 unspecified atom stereocenters. The summed E-state index contributed by atoms with van der Waals surface area (Å²) < 4.78 is 19.1. The van der Waals surface area contributed by atoms with Crippen molar-refractivity contribution >= 4 is 0 Å². The fraction of sp³-hybridized carbons (Fsp3) is 0.294. The van der Waals surface area contributed by atoms with Gasteiger partial charge in [0.15, 0.2) is 11.6 Å². The second kappa shape index (κ2) is 5.63. The van der Waals surface area contributed by atoms with Crippen LogP contribution in [0, 0.1) is 12.7 Å². The molecule has 2 aromatic rings. The van der Waals surface area contributed by atoms with E-state index in [1.165, 1.54) is 24.5 Å². The summed E-state index contributed by atoms with van der Waals surface area (Å²) in [5.74, 6) is 0.586. The molecule has 2 aromatic carbocycles. The number of aryl methyl sites for hydroxylation is 1. The average Bonchev–Trinajstić information content (AvgIpc) is 3.25. The molecule has 3 heteroatoms. The van der Waals surface area contributed by atoms with Gasteiger partial charge in [0.2, 0.25) is 0 Å². The zero-order valence-electron chi connectivity index (χ0n) is 11.5. The molecule has 1 aliphatic carbocycles. The third-order valence-electron chi connectivity index (χ3n) is 3.54. The summed E-state index contributed by atoms with van der Waals surface area (Å²) in [5, 5.41) is 3.49. The Balaban J connectivity index is 1.71. The van der Waals surface area contributed by atoms with Gasteiger partial charge in [-0.2, -0.15) is 0 Å². The van der Waals surface area contributed by atoms with Gasteiger partial charge < -0.3 is 10.1 Å². The minimum Gasteiger partial charge on any atom is -0.454 e. The standard InChI is InChI=1S/C17H18FNO/c1-12-10-15(20-17-5-3-2-4-16(17)18)9-6-13(12)11-19-14-7-8-14/h2-6,9-10,14,19H,7-8,11H2,1H3. The van der Waals surface area contributed by atoms with E-state index in [0.29, 0.717) is 11.8 Å². The number of ether oxygens (including phenoxy) is 1. The topological polar surface area (TPSA) is 21.3 Å². The number of benzene rings is 2. The Morgan fingerprint density at radius 3 is 2.70 bits per heavy atom. The fourth-order valence-corrected chi connectivity index (χ4v) is 2.13. The van der Waals surface area contributed by atoms with Crippen LogP contribution in [0.4, 0.5) is 4.39 Å². The Morgan fingerprint density at radius 1 is 1.20 bits per heavy atom. The molecular weight excluding hydrogens is 253 g/mol. The summed E-state index contributed by atoms with van der Waals surface area (Å²) in [5.41, 5.74) is 2.42. The molecule has 0 saturated heterocycles. The van der Waals surface area contributed by atoms with Crippen molar-refractivity contribution in [2.75, 3.05) is 0 Å². The van der Waals surface area contributed by atoms with Crippen molar-refractivity contribution in [2.24, 2.45) is 0 Å². The first kappa shape index (κ1) is 13.1. The highest BCUT2D eigenvalue weighted by Crippen LogP contribution is 2.26. The molecule has 0 aromatic heterocycles. The van der Waals surface area contributed by atoms with E-state index in [-0.39, 0.29) is 11.6 Å².